The van der Waals surface area contributed by atoms with Crippen molar-refractivity contribution in [3.8, 4) is 11.5 Å². The van der Waals surface area contributed by atoms with Crippen molar-refractivity contribution in [1.82, 2.24) is 0 Å². The van der Waals surface area contributed by atoms with Crippen molar-refractivity contribution >= 4 is 24.0 Å². The Balaban J connectivity index is 0.00000144. The van der Waals surface area contributed by atoms with Gasteiger partial charge >= 0.3 is 0 Å². The normalized spacial score (nSPS) is 16.2. The van der Waals surface area contributed by atoms with Crippen LogP contribution in [0.4, 0.5) is 0 Å². The molecule has 0 saturated heterocycles. The van der Waals surface area contributed by atoms with Crippen LogP contribution >= 0.6 is 24.0 Å². The Morgan fingerprint density at radius 2 is 2.00 bits per heavy atom. The Bertz CT molecular complexity index is 401. The van der Waals surface area contributed by atoms with Crippen molar-refractivity contribution in [2.24, 2.45) is 5.73 Å². The number of aliphatic hydroxyl groups is 1. The maximum absolute atomic E-state index is 9.70. The maximum atomic E-state index is 9.70. The molecule has 17 heavy (non-hydrogen) atoms. The van der Waals surface area contributed by atoms with E-state index in [1.807, 2.05) is 6.92 Å². The van der Waals surface area contributed by atoms with Crippen LogP contribution in [0.2, 0.25) is 5.02 Å². The van der Waals surface area contributed by atoms with Gasteiger partial charge in [-0.3, -0.25) is 0 Å². The number of benzene rings is 1. The molecule has 1 aromatic rings. The van der Waals surface area contributed by atoms with Gasteiger partial charge in [-0.2, -0.15) is 0 Å². The molecule has 1 aliphatic heterocycles. The van der Waals surface area contributed by atoms with Crippen LogP contribution < -0.4 is 15.2 Å². The molecular formula is C11H15Cl2NO3. The van der Waals surface area contributed by atoms with Crippen molar-refractivity contribution in [2.75, 3.05) is 6.79 Å². The predicted molar refractivity (Wildman–Crippen MR) is 68.0 cm³/mol. The monoisotopic (exact) mass is 279 g/mol. The summed E-state index contributed by atoms with van der Waals surface area (Å²) in [6, 6.07) is 2.89. The molecule has 0 aromatic heterocycles. The number of halogens is 2. The first-order valence-corrected chi connectivity index (χ1v) is 5.54. The fraction of sp³-hybridized carbons (Fsp3) is 0.455. The highest BCUT2D eigenvalue weighted by Gasteiger charge is 2.22. The van der Waals surface area contributed by atoms with E-state index in [-0.39, 0.29) is 19.2 Å². The minimum atomic E-state index is -0.613. The minimum Gasteiger partial charge on any atom is -0.454 e. The number of aliphatic hydroxyl groups excluding tert-OH is 1. The lowest BCUT2D eigenvalue weighted by molar-refractivity contribution is 0.140. The lowest BCUT2D eigenvalue weighted by Crippen LogP contribution is -2.25. The van der Waals surface area contributed by atoms with Crippen molar-refractivity contribution in [1.29, 1.82) is 0 Å². The van der Waals surface area contributed by atoms with Gasteiger partial charge in [-0.05, 0) is 18.1 Å². The van der Waals surface area contributed by atoms with Gasteiger partial charge in [-0.1, -0.05) is 18.5 Å². The predicted octanol–water partition coefficient (Wildman–Crippen LogP) is 2.26. The third-order valence-corrected chi connectivity index (χ3v) is 3.01. The molecule has 0 amide bonds. The number of nitrogens with two attached hydrogens (primary N) is 1. The van der Waals surface area contributed by atoms with Crippen molar-refractivity contribution in [3.05, 3.63) is 22.7 Å². The number of rotatable bonds is 3. The summed E-state index contributed by atoms with van der Waals surface area (Å²) in [6.07, 6.45) is -0.0377. The summed E-state index contributed by atoms with van der Waals surface area (Å²) in [4.78, 5) is 0. The highest BCUT2D eigenvalue weighted by molar-refractivity contribution is 6.31. The molecule has 0 saturated carbocycles. The summed E-state index contributed by atoms with van der Waals surface area (Å²) < 4.78 is 10.4. The van der Waals surface area contributed by atoms with Crippen LogP contribution in [0.5, 0.6) is 11.5 Å². The highest BCUT2D eigenvalue weighted by Crippen LogP contribution is 2.39. The molecule has 0 aliphatic carbocycles. The average Bonchev–Trinajstić information content (AvgIpc) is 2.72. The summed E-state index contributed by atoms with van der Waals surface area (Å²) in [5.41, 5.74) is 6.59. The van der Waals surface area contributed by atoms with Gasteiger partial charge in [0, 0.05) is 11.1 Å². The molecule has 1 aliphatic rings. The Morgan fingerprint density at radius 3 is 2.59 bits per heavy atom. The van der Waals surface area contributed by atoms with E-state index in [0.717, 1.165) is 0 Å². The molecule has 4 nitrogen and oxygen atoms in total. The molecule has 0 spiro atoms. The summed E-state index contributed by atoms with van der Waals surface area (Å²) in [5, 5.41) is 10.2. The summed E-state index contributed by atoms with van der Waals surface area (Å²) in [5.74, 6) is 1.24. The lowest BCUT2D eigenvalue weighted by Gasteiger charge is -2.19. The molecule has 96 valence electrons. The van der Waals surface area contributed by atoms with Gasteiger partial charge in [0.15, 0.2) is 11.5 Å². The molecule has 0 unspecified atom stereocenters. The second kappa shape index (κ2) is 5.78. The summed E-state index contributed by atoms with van der Waals surface area (Å²) in [6.45, 7) is 2.06. The quantitative estimate of drug-likeness (QED) is 0.891. The Morgan fingerprint density at radius 1 is 1.41 bits per heavy atom. The van der Waals surface area contributed by atoms with Crippen LogP contribution in [0.15, 0.2) is 12.1 Å². The molecular weight excluding hydrogens is 265 g/mol. The van der Waals surface area contributed by atoms with E-state index in [1.165, 1.54) is 0 Å². The van der Waals surface area contributed by atoms with Crippen LogP contribution in [-0.4, -0.2) is 18.0 Å². The molecule has 1 aromatic carbocycles. The van der Waals surface area contributed by atoms with Gasteiger partial charge in [0.1, 0.15) is 0 Å². The molecule has 0 radical (unpaired) electrons. The summed E-state index contributed by atoms with van der Waals surface area (Å²) >= 11 is 6.08. The topological polar surface area (TPSA) is 64.7 Å². The zero-order valence-corrected chi connectivity index (χ0v) is 10.9. The second-order valence-corrected chi connectivity index (χ2v) is 4.14. The fourth-order valence-corrected chi connectivity index (χ4v) is 1.93. The molecule has 0 bridgehead atoms. The Kier molecular flexibility index (Phi) is 4.89. The number of hydrogen-bond acceptors (Lipinski definition) is 4. The molecule has 6 heteroatoms. The van der Waals surface area contributed by atoms with Gasteiger partial charge in [0.25, 0.3) is 0 Å². The van der Waals surface area contributed by atoms with Crippen molar-refractivity contribution < 1.29 is 14.6 Å². The van der Waals surface area contributed by atoms with Crippen LogP contribution in [0.1, 0.15) is 24.9 Å². The molecule has 0 fully saturated rings. The third kappa shape index (κ3) is 2.77. The maximum Gasteiger partial charge on any atom is 0.231 e. The zero-order chi connectivity index (χ0) is 11.7. The van der Waals surface area contributed by atoms with Gasteiger partial charge in [0.05, 0.1) is 12.1 Å². The van der Waals surface area contributed by atoms with Crippen molar-refractivity contribution in [3.63, 3.8) is 0 Å². The van der Waals surface area contributed by atoms with E-state index in [9.17, 15) is 5.11 Å². The van der Waals surface area contributed by atoms with Gasteiger partial charge in [0.2, 0.25) is 6.79 Å². The number of ether oxygens (including phenoxy) is 2. The minimum absolute atomic E-state index is 0. The van der Waals surface area contributed by atoms with E-state index >= 15 is 0 Å². The standard InChI is InChI=1S/C11H14ClNO3.ClH/c1-2-8(14)11(13)6-3-9-10(4-7(6)12)16-5-15-9;/h3-4,8,11,14H,2,5,13H2,1H3;1H/t8-,11+;/m1./s1. The third-order valence-electron chi connectivity index (χ3n) is 2.68. The van der Waals surface area contributed by atoms with E-state index in [2.05, 4.69) is 0 Å². The lowest BCUT2D eigenvalue weighted by atomic mass is 10.00. The Labute approximate surface area is 111 Å². The first-order valence-electron chi connectivity index (χ1n) is 5.16. The van der Waals surface area contributed by atoms with Crippen LogP contribution in [0.25, 0.3) is 0 Å². The van der Waals surface area contributed by atoms with Crippen molar-refractivity contribution in [2.45, 2.75) is 25.5 Å². The van der Waals surface area contributed by atoms with Gasteiger partial charge < -0.3 is 20.3 Å². The number of fused-ring (bicyclic) bond motifs is 1. The molecule has 2 atom stereocenters. The zero-order valence-electron chi connectivity index (χ0n) is 9.35. The average molecular weight is 280 g/mol. The molecule has 1 heterocycles. The molecule has 2 rings (SSSR count). The van der Waals surface area contributed by atoms with Gasteiger partial charge in [-0.15, -0.1) is 12.4 Å². The SMILES string of the molecule is CC[C@@H](O)[C@@H](N)c1cc2c(cc1Cl)OCO2.Cl. The van der Waals surface area contributed by atoms with E-state index in [0.29, 0.717) is 28.5 Å². The van der Waals surface area contributed by atoms with E-state index in [1.54, 1.807) is 12.1 Å². The van der Waals surface area contributed by atoms with E-state index < -0.39 is 12.1 Å². The second-order valence-electron chi connectivity index (χ2n) is 3.73. The summed E-state index contributed by atoms with van der Waals surface area (Å²) in [7, 11) is 0. The largest absolute Gasteiger partial charge is 0.454 e. The molecule has 3 N–H and O–H groups in total. The van der Waals surface area contributed by atoms with E-state index in [4.69, 9.17) is 26.8 Å². The number of hydrogen-bond donors (Lipinski definition) is 2. The first kappa shape index (κ1) is 14.4. The van der Waals surface area contributed by atoms with Gasteiger partial charge in [-0.25, -0.2) is 0 Å². The van der Waals surface area contributed by atoms with Crippen LogP contribution in [0.3, 0.4) is 0 Å². The smallest absolute Gasteiger partial charge is 0.231 e. The first-order chi connectivity index (χ1) is 7.63. The highest BCUT2D eigenvalue weighted by atomic mass is 35.5. The Hall–Kier alpha value is -0.680. The fourth-order valence-electron chi connectivity index (χ4n) is 1.65. The van der Waals surface area contributed by atoms with Crippen LogP contribution in [0, 0.1) is 0 Å². The van der Waals surface area contributed by atoms with Crippen LogP contribution in [-0.2, 0) is 0 Å².